The Morgan fingerprint density at radius 1 is 1.19 bits per heavy atom. The summed E-state index contributed by atoms with van der Waals surface area (Å²) in [5.74, 6) is -0.198. The fourth-order valence-corrected chi connectivity index (χ4v) is 2.38. The van der Waals surface area contributed by atoms with E-state index in [0.29, 0.717) is 23.6 Å². The molecule has 1 aliphatic heterocycles. The van der Waals surface area contributed by atoms with Gasteiger partial charge >= 0.3 is 0 Å². The summed E-state index contributed by atoms with van der Waals surface area (Å²) in [6.45, 7) is 0.435. The fourth-order valence-electron chi connectivity index (χ4n) is 2.26. The zero-order valence-electron chi connectivity index (χ0n) is 11.2. The van der Waals surface area contributed by atoms with Crippen molar-refractivity contribution in [3.05, 3.63) is 64.2 Å². The van der Waals surface area contributed by atoms with E-state index in [2.05, 4.69) is 10.6 Å². The minimum atomic E-state index is -0.160. The van der Waals surface area contributed by atoms with E-state index in [4.69, 9.17) is 11.6 Å². The molecule has 1 heterocycles. The third-order valence-electron chi connectivity index (χ3n) is 3.36. The second-order valence-electron chi connectivity index (χ2n) is 4.91. The van der Waals surface area contributed by atoms with Gasteiger partial charge in [0.15, 0.2) is 0 Å². The van der Waals surface area contributed by atoms with E-state index < -0.39 is 0 Å². The second kappa shape index (κ2) is 5.58. The maximum Gasteiger partial charge on any atom is 0.251 e. The van der Waals surface area contributed by atoms with Gasteiger partial charge in [0.05, 0.1) is 6.42 Å². The Bertz CT molecular complexity index is 711. The van der Waals surface area contributed by atoms with Crippen LogP contribution in [-0.2, 0) is 17.8 Å². The van der Waals surface area contributed by atoms with Crippen LogP contribution >= 0.6 is 11.6 Å². The average Bonchev–Trinajstić information content (AvgIpc) is 2.85. The van der Waals surface area contributed by atoms with Gasteiger partial charge in [0.1, 0.15) is 0 Å². The van der Waals surface area contributed by atoms with Gasteiger partial charge in [-0.1, -0.05) is 23.7 Å². The van der Waals surface area contributed by atoms with Crippen LogP contribution in [-0.4, -0.2) is 11.8 Å². The Morgan fingerprint density at radius 3 is 2.71 bits per heavy atom. The van der Waals surface area contributed by atoms with Gasteiger partial charge in [-0.3, -0.25) is 9.59 Å². The second-order valence-corrected chi connectivity index (χ2v) is 5.34. The maximum atomic E-state index is 12.1. The Kier molecular flexibility index (Phi) is 3.62. The smallest absolute Gasteiger partial charge is 0.251 e. The molecule has 3 rings (SSSR count). The molecule has 0 saturated heterocycles. The first-order valence-electron chi connectivity index (χ1n) is 6.57. The van der Waals surface area contributed by atoms with Gasteiger partial charge < -0.3 is 10.6 Å². The first-order chi connectivity index (χ1) is 10.1. The van der Waals surface area contributed by atoms with E-state index in [0.717, 1.165) is 16.8 Å². The van der Waals surface area contributed by atoms with Crippen molar-refractivity contribution in [1.29, 1.82) is 0 Å². The van der Waals surface area contributed by atoms with Crippen LogP contribution < -0.4 is 10.6 Å². The van der Waals surface area contributed by atoms with Gasteiger partial charge in [-0.15, -0.1) is 0 Å². The maximum absolute atomic E-state index is 12.1. The number of carbonyl (C=O) groups excluding carboxylic acids is 2. The van der Waals surface area contributed by atoms with Crippen molar-refractivity contribution < 1.29 is 9.59 Å². The van der Waals surface area contributed by atoms with Crippen molar-refractivity contribution in [2.24, 2.45) is 0 Å². The standard InChI is InChI=1S/C16H13ClN2O2/c17-13-4-1-10(2-5-13)9-18-16(21)11-3-6-14-12(7-11)8-15(20)19-14/h1-7H,8-9H2,(H,18,21)(H,19,20). The molecule has 5 heteroatoms. The molecule has 0 radical (unpaired) electrons. The van der Waals surface area contributed by atoms with E-state index in [-0.39, 0.29) is 11.8 Å². The number of halogens is 1. The number of rotatable bonds is 3. The van der Waals surface area contributed by atoms with E-state index in [1.165, 1.54) is 0 Å². The molecular formula is C16H13ClN2O2. The highest BCUT2D eigenvalue weighted by molar-refractivity contribution is 6.30. The topological polar surface area (TPSA) is 58.2 Å². The Morgan fingerprint density at radius 2 is 1.95 bits per heavy atom. The molecule has 0 aliphatic carbocycles. The monoisotopic (exact) mass is 300 g/mol. The lowest BCUT2D eigenvalue weighted by Crippen LogP contribution is -2.22. The minimum absolute atomic E-state index is 0.0382. The summed E-state index contributed by atoms with van der Waals surface area (Å²) in [4.78, 5) is 23.4. The highest BCUT2D eigenvalue weighted by Gasteiger charge is 2.18. The number of benzene rings is 2. The summed E-state index contributed by atoms with van der Waals surface area (Å²) >= 11 is 5.82. The van der Waals surface area contributed by atoms with E-state index >= 15 is 0 Å². The molecule has 0 bridgehead atoms. The van der Waals surface area contributed by atoms with Crippen molar-refractivity contribution in [2.45, 2.75) is 13.0 Å². The van der Waals surface area contributed by atoms with Gasteiger partial charge in [0.2, 0.25) is 5.91 Å². The Hall–Kier alpha value is -2.33. The van der Waals surface area contributed by atoms with Crippen LogP contribution in [0.1, 0.15) is 21.5 Å². The fraction of sp³-hybridized carbons (Fsp3) is 0.125. The first-order valence-corrected chi connectivity index (χ1v) is 6.95. The molecule has 0 aromatic heterocycles. The molecule has 0 unspecified atom stereocenters. The van der Waals surface area contributed by atoms with E-state index in [1.807, 2.05) is 12.1 Å². The van der Waals surface area contributed by atoms with Gasteiger partial charge in [-0.05, 0) is 41.5 Å². The van der Waals surface area contributed by atoms with E-state index in [9.17, 15) is 9.59 Å². The van der Waals surface area contributed by atoms with Crippen LogP contribution in [0.4, 0.5) is 5.69 Å². The minimum Gasteiger partial charge on any atom is -0.348 e. The van der Waals surface area contributed by atoms with Crippen LogP contribution in [0.2, 0.25) is 5.02 Å². The molecule has 2 aromatic rings. The van der Waals surface area contributed by atoms with Crippen molar-refractivity contribution in [2.75, 3.05) is 5.32 Å². The number of hydrogen-bond donors (Lipinski definition) is 2. The summed E-state index contributed by atoms with van der Waals surface area (Å²) in [6, 6.07) is 12.5. The van der Waals surface area contributed by atoms with Gasteiger partial charge in [0.25, 0.3) is 5.91 Å². The van der Waals surface area contributed by atoms with Crippen molar-refractivity contribution >= 4 is 29.1 Å². The van der Waals surface area contributed by atoms with Gasteiger partial charge in [0, 0.05) is 22.8 Å². The quantitative estimate of drug-likeness (QED) is 0.916. The number of nitrogens with one attached hydrogen (secondary N) is 2. The normalized spacial score (nSPS) is 12.7. The number of amides is 2. The predicted octanol–water partition coefficient (Wildman–Crippen LogP) is 2.76. The highest BCUT2D eigenvalue weighted by atomic mass is 35.5. The third-order valence-corrected chi connectivity index (χ3v) is 3.61. The molecular weight excluding hydrogens is 288 g/mol. The van der Waals surface area contributed by atoms with Crippen molar-refractivity contribution in [1.82, 2.24) is 5.32 Å². The van der Waals surface area contributed by atoms with Crippen LogP contribution in [0.5, 0.6) is 0 Å². The molecule has 0 atom stereocenters. The molecule has 1 aliphatic rings. The zero-order chi connectivity index (χ0) is 14.8. The highest BCUT2D eigenvalue weighted by Crippen LogP contribution is 2.23. The summed E-state index contributed by atoms with van der Waals surface area (Å²) in [6.07, 6.45) is 0.327. The summed E-state index contributed by atoms with van der Waals surface area (Å²) in [5.41, 5.74) is 3.18. The predicted molar refractivity (Wildman–Crippen MR) is 81.4 cm³/mol. The van der Waals surface area contributed by atoms with Crippen LogP contribution in [0.25, 0.3) is 0 Å². The molecule has 106 valence electrons. The number of fused-ring (bicyclic) bond motifs is 1. The molecule has 2 N–H and O–H groups in total. The SMILES string of the molecule is O=C1Cc2cc(C(=O)NCc3ccc(Cl)cc3)ccc2N1. The zero-order valence-corrected chi connectivity index (χ0v) is 11.9. The van der Waals surface area contributed by atoms with Crippen LogP contribution in [0.3, 0.4) is 0 Å². The van der Waals surface area contributed by atoms with Crippen LogP contribution in [0, 0.1) is 0 Å². The number of hydrogen-bond acceptors (Lipinski definition) is 2. The Balaban J connectivity index is 1.67. The van der Waals surface area contributed by atoms with Gasteiger partial charge in [-0.2, -0.15) is 0 Å². The number of anilines is 1. The molecule has 2 aromatic carbocycles. The summed E-state index contributed by atoms with van der Waals surface area (Å²) in [7, 11) is 0. The first kappa shape index (κ1) is 13.6. The lowest BCUT2D eigenvalue weighted by atomic mass is 10.1. The summed E-state index contributed by atoms with van der Waals surface area (Å²) in [5, 5.41) is 6.26. The molecule has 0 fully saturated rings. The molecule has 21 heavy (non-hydrogen) atoms. The molecule has 0 saturated carbocycles. The van der Waals surface area contributed by atoms with E-state index in [1.54, 1.807) is 30.3 Å². The largest absolute Gasteiger partial charge is 0.348 e. The Labute approximate surface area is 127 Å². The summed E-state index contributed by atoms with van der Waals surface area (Å²) < 4.78 is 0. The number of carbonyl (C=O) groups is 2. The lowest BCUT2D eigenvalue weighted by molar-refractivity contribution is -0.115. The molecule has 0 spiro atoms. The van der Waals surface area contributed by atoms with Gasteiger partial charge in [-0.25, -0.2) is 0 Å². The third kappa shape index (κ3) is 3.06. The molecule has 2 amide bonds. The van der Waals surface area contributed by atoms with Crippen molar-refractivity contribution in [3.8, 4) is 0 Å². The average molecular weight is 301 g/mol. The van der Waals surface area contributed by atoms with Crippen LogP contribution in [0.15, 0.2) is 42.5 Å². The van der Waals surface area contributed by atoms with Crippen molar-refractivity contribution in [3.63, 3.8) is 0 Å². The molecule has 4 nitrogen and oxygen atoms in total. The lowest BCUT2D eigenvalue weighted by Gasteiger charge is -2.07.